The fourth-order valence-corrected chi connectivity index (χ4v) is 3.10. The molecule has 1 amide bonds. The standard InChI is InChI=1S/C15H21NO4/c1-10-14(9-17)13(6-7-16(10)15(18)19)11-4-3-5-12(8-11)20-2/h3-5,8,10,13-14,17H,6-7,9H2,1-2H3,(H,18,19). The van der Waals surface area contributed by atoms with Gasteiger partial charge in [0.25, 0.3) is 0 Å². The van der Waals surface area contributed by atoms with Crippen LogP contribution in [0, 0.1) is 5.92 Å². The fourth-order valence-electron chi connectivity index (χ4n) is 3.10. The molecule has 1 aromatic carbocycles. The summed E-state index contributed by atoms with van der Waals surface area (Å²) in [5.41, 5.74) is 1.10. The van der Waals surface area contributed by atoms with Crippen molar-refractivity contribution in [1.82, 2.24) is 4.90 Å². The van der Waals surface area contributed by atoms with Gasteiger partial charge in [-0.2, -0.15) is 0 Å². The number of piperidine rings is 1. The topological polar surface area (TPSA) is 70.0 Å². The SMILES string of the molecule is COc1cccc(C2CCN(C(=O)O)C(C)C2CO)c1. The van der Waals surface area contributed by atoms with Crippen LogP contribution in [-0.4, -0.2) is 47.5 Å². The Labute approximate surface area is 118 Å². The van der Waals surface area contributed by atoms with Crippen molar-refractivity contribution in [2.24, 2.45) is 5.92 Å². The minimum absolute atomic E-state index is 0.0210. The van der Waals surface area contributed by atoms with Crippen LogP contribution >= 0.6 is 0 Å². The minimum Gasteiger partial charge on any atom is -0.497 e. The number of rotatable bonds is 3. The molecule has 0 radical (unpaired) electrons. The summed E-state index contributed by atoms with van der Waals surface area (Å²) in [5.74, 6) is 0.847. The van der Waals surface area contributed by atoms with Crippen LogP contribution in [0.5, 0.6) is 5.75 Å². The monoisotopic (exact) mass is 279 g/mol. The van der Waals surface area contributed by atoms with Crippen molar-refractivity contribution in [3.63, 3.8) is 0 Å². The molecule has 1 fully saturated rings. The number of hydrogen-bond donors (Lipinski definition) is 2. The van der Waals surface area contributed by atoms with E-state index in [9.17, 15) is 15.0 Å². The Hall–Kier alpha value is -1.75. The molecule has 5 nitrogen and oxygen atoms in total. The molecule has 1 aromatic rings. The van der Waals surface area contributed by atoms with Gasteiger partial charge >= 0.3 is 6.09 Å². The Balaban J connectivity index is 2.25. The second kappa shape index (κ2) is 6.13. The van der Waals surface area contributed by atoms with Gasteiger partial charge in [0.05, 0.1) is 7.11 Å². The maximum atomic E-state index is 11.2. The van der Waals surface area contributed by atoms with E-state index in [-0.39, 0.29) is 24.5 Å². The first-order valence-electron chi connectivity index (χ1n) is 6.82. The van der Waals surface area contributed by atoms with Gasteiger partial charge in [0.15, 0.2) is 0 Å². The Morgan fingerprint density at radius 3 is 2.85 bits per heavy atom. The highest BCUT2D eigenvalue weighted by Gasteiger charge is 2.37. The van der Waals surface area contributed by atoms with Crippen LogP contribution in [0.2, 0.25) is 0 Å². The summed E-state index contributed by atoms with van der Waals surface area (Å²) in [5, 5.41) is 18.9. The third-order valence-corrected chi connectivity index (χ3v) is 4.29. The average Bonchev–Trinajstić information content (AvgIpc) is 2.46. The molecule has 3 atom stereocenters. The normalized spacial score (nSPS) is 26.4. The molecule has 3 unspecified atom stereocenters. The molecule has 1 heterocycles. The van der Waals surface area contributed by atoms with Crippen LogP contribution in [-0.2, 0) is 0 Å². The number of amides is 1. The Morgan fingerprint density at radius 1 is 1.50 bits per heavy atom. The Bertz CT molecular complexity index is 477. The quantitative estimate of drug-likeness (QED) is 0.889. The van der Waals surface area contributed by atoms with E-state index in [1.807, 2.05) is 31.2 Å². The van der Waals surface area contributed by atoms with E-state index in [1.54, 1.807) is 7.11 Å². The number of likely N-dealkylation sites (tertiary alicyclic amines) is 1. The van der Waals surface area contributed by atoms with Gasteiger partial charge in [-0.25, -0.2) is 4.79 Å². The van der Waals surface area contributed by atoms with E-state index in [4.69, 9.17) is 4.74 Å². The minimum atomic E-state index is -0.917. The summed E-state index contributed by atoms with van der Waals surface area (Å²) in [6.07, 6.45) is -0.199. The zero-order valence-corrected chi connectivity index (χ0v) is 11.8. The van der Waals surface area contributed by atoms with Crippen LogP contribution in [0.3, 0.4) is 0 Å². The summed E-state index contributed by atoms with van der Waals surface area (Å²) >= 11 is 0. The molecule has 1 aliphatic rings. The molecular formula is C15H21NO4. The smallest absolute Gasteiger partial charge is 0.407 e. The summed E-state index contributed by atoms with van der Waals surface area (Å²) in [6, 6.07) is 7.60. The Morgan fingerprint density at radius 2 is 2.25 bits per heavy atom. The first-order chi connectivity index (χ1) is 9.58. The summed E-state index contributed by atoms with van der Waals surface area (Å²) < 4.78 is 5.23. The summed E-state index contributed by atoms with van der Waals surface area (Å²) in [4.78, 5) is 12.6. The summed E-state index contributed by atoms with van der Waals surface area (Å²) in [7, 11) is 1.62. The first-order valence-corrected chi connectivity index (χ1v) is 6.82. The third-order valence-electron chi connectivity index (χ3n) is 4.29. The van der Waals surface area contributed by atoms with E-state index in [0.717, 1.165) is 17.7 Å². The molecule has 1 aliphatic heterocycles. The van der Waals surface area contributed by atoms with Gasteiger partial charge in [-0.15, -0.1) is 0 Å². The number of aliphatic hydroxyl groups excluding tert-OH is 1. The number of methoxy groups -OCH3 is 1. The van der Waals surface area contributed by atoms with E-state index in [2.05, 4.69) is 0 Å². The van der Waals surface area contributed by atoms with Crippen molar-refractivity contribution in [1.29, 1.82) is 0 Å². The number of nitrogens with zero attached hydrogens (tertiary/aromatic N) is 1. The van der Waals surface area contributed by atoms with E-state index in [0.29, 0.717) is 6.54 Å². The van der Waals surface area contributed by atoms with Crippen molar-refractivity contribution < 1.29 is 19.7 Å². The van der Waals surface area contributed by atoms with Gasteiger partial charge in [-0.05, 0) is 37.0 Å². The van der Waals surface area contributed by atoms with Gasteiger partial charge in [0.2, 0.25) is 0 Å². The lowest BCUT2D eigenvalue weighted by Gasteiger charge is -2.42. The highest BCUT2D eigenvalue weighted by molar-refractivity contribution is 5.65. The maximum Gasteiger partial charge on any atom is 0.407 e. The van der Waals surface area contributed by atoms with Crippen LogP contribution in [0.4, 0.5) is 4.79 Å². The lowest BCUT2D eigenvalue weighted by Crippen LogP contribution is -2.50. The van der Waals surface area contributed by atoms with Gasteiger partial charge in [-0.3, -0.25) is 0 Å². The molecule has 110 valence electrons. The third kappa shape index (κ3) is 2.72. The fraction of sp³-hybridized carbons (Fsp3) is 0.533. The molecule has 5 heteroatoms. The van der Waals surface area contributed by atoms with E-state index in [1.165, 1.54) is 4.90 Å². The average molecular weight is 279 g/mol. The molecule has 0 bridgehead atoms. The zero-order chi connectivity index (χ0) is 14.7. The lowest BCUT2D eigenvalue weighted by atomic mass is 9.77. The lowest BCUT2D eigenvalue weighted by molar-refractivity contribution is 0.0493. The number of benzene rings is 1. The highest BCUT2D eigenvalue weighted by atomic mass is 16.5. The highest BCUT2D eigenvalue weighted by Crippen LogP contribution is 2.37. The van der Waals surface area contributed by atoms with Crippen LogP contribution in [0.15, 0.2) is 24.3 Å². The molecule has 1 saturated heterocycles. The second-order valence-electron chi connectivity index (χ2n) is 5.23. The van der Waals surface area contributed by atoms with Crippen molar-refractivity contribution in [3.8, 4) is 5.75 Å². The Kier molecular flexibility index (Phi) is 4.49. The van der Waals surface area contributed by atoms with E-state index >= 15 is 0 Å². The molecule has 2 N–H and O–H groups in total. The van der Waals surface area contributed by atoms with Gasteiger partial charge < -0.3 is 19.8 Å². The molecular weight excluding hydrogens is 258 g/mol. The van der Waals surface area contributed by atoms with Gasteiger partial charge in [0, 0.05) is 25.1 Å². The van der Waals surface area contributed by atoms with Crippen molar-refractivity contribution in [2.75, 3.05) is 20.3 Å². The van der Waals surface area contributed by atoms with Crippen molar-refractivity contribution in [2.45, 2.75) is 25.3 Å². The predicted octanol–water partition coefficient (Wildman–Crippen LogP) is 2.16. The summed E-state index contributed by atoms with van der Waals surface area (Å²) in [6.45, 7) is 2.34. The second-order valence-corrected chi connectivity index (χ2v) is 5.23. The molecule has 0 aromatic heterocycles. The number of ether oxygens (including phenoxy) is 1. The largest absolute Gasteiger partial charge is 0.497 e. The molecule has 0 spiro atoms. The molecule has 2 rings (SSSR count). The van der Waals surface area contributed by atoms with Crippen molar-refractivity contribution >= 4 is 6.09 Å². The molecule has 20 heavy (non-hydrogen) atoms. The van der Waals surface area contributed by atoms with Crippen LogP contribution in [0.1, 0.15) is 24.8 Å². The van der Waals surface area contributed by atoms with Crippen molar-refractivity contribution in [3.05, 3.63) is 29.8 Å². The van der Waals surface area contributed by atoms with Gasteiger partial charge in [-0.1, -0.05) is 12.1 Å². The number of carboxylic acid groups (broad SMARTS) is 1. The predicted molar refractivity (Wildman–Crippen MR) is 75.1 cm³/mol. The number of hydrogen-bond acceptors (Lipinski definition) is 3. The molecule has 0 saturated carbocycles. The number of aliphatic hydroxyl groups is 1. The van der Waals surface area contributed by atoms with Crippen LogP contribution in [0.25, 0.3) is 0 Å². The zero-order valence-electron chi connectivity index (χ0n) is 11.8. The maximum absolute atomic E-state index is 11.2. The van der Waals surface area contributed by atoms with Gasteiger partial charge in [0.1, 0.15) is 5.75 Å². The van der Waals surface area contributed by atoms with E-state index < -0.39 is 6.09 Å². The number of carbonyl (C=O) groups is 1. The van der Waals surface area contributed by atoms with Crippen LogP contribution < -0.4 is 4.74 Å². The first kappa shape index (κ1) is 14.7. The molecule has 0 aliphatic carbocycles.